The van der Waals surface area contributed by atoms with Crippen molar-refractivity contribution in [2.45, 2.75) is 24.3 Å². The van der Waals surface area contributed by atoms with Gasteiger partial charge in [0.25, 0.3) is 0 Å². The number of halogens is 2. The second-order valence-corrected chi connectivity index (χ2v) is 9.71. The van der Waals surface area contributed by atoms with E-state index in [4.69, 9.17) is 21.1 Å². The summed E-state index contributed by atoms with van der Waals surface area (Å²) in [5.41, 5.74) is 1.06. The van der Waals surface area contributed by atoms with Crippen LogP contribution in [0.1, 0.15) is 12.5 Å². The molecule has 2 N–H and O–H groups in total. The maximum absolute atomic E-state index is 13.2. The third-order valence-corrected chi connectivity index (χ3v) is 6.55. The molecule has 1 amide bonds. The van der Waals surface area contributed by atoms with Crippen molar-refractivity contribution in [2.24, 2.45) is 0 Å². The molecular formula is C25H24ClFN2O6S. The van der Waals surface area contributed by atoms with Crippen molar-refractivity contribution in [3.05, 3.63) is 89.2 Å². The molecule has 1 unspecified atom stereocenters. The van der Waals surface area contributed by atoms with Gasteiger partial charge in [-0.25, -0.2) is 12.8 Å². The Morgan fingerprint density at radius 3 is 2.36 bits per heavy atom. The van der Waals surface area contributed by atoms with Crippen molar-refractivity contribution >= 4 is 39.2 Å². The largest absolute Gasteiger partial charge is 0.491 e. The summed E-state index contributed by atoms with van der Waals surface area (Å²) in [4.78, 5) is 24.5. The predicted octanol–water partition coefficient (Wildman–Crippen LogP) is 3.95. The molecule has 0 heterocycles. The Labute approximate surface area is 213 Å². The average Bonchev–Trinajstić information content (AvgIpc) is 2.83. The first-order chi connectivity index (χ1) is 17.2. The second kappa shape index (κ2) is 12.5. The number of hydrogen-bond acceptors (Lipinski definition) is 6. The van der Waals surface area contributed by atoms with E-state index in [2.05, 4.69) is 10.0 Å². The van der Waals surface area contributed by atoms with Crippen molar-refractivity contribution in [3.8, 4) is 5.75 Å². The zero-order valence-electron chi connectivity index (χ0n) is 19.2. The highest BCUT2D eigenvalue weighted by molar-refractivity contribution is 7.89. The summed E-state index contributed by atoms with van der Waals surface area (Å²) in [5, 5.41) is 3.04. The number of anilines is 1. The number of rotatable bonds is 11. The van der Waals surface area contributed by atoms with Crippen LogP contribution in [-0.4, -0.2) is 39.5 Å². The topological polar surface area (TPSA) is 111 Å². The molecule has 0 aliphatic rings. The summed E-state index contributed by atoms with van der Waals surface area (Å²) in [6.45, 7) is 1.64. The SMILES string of the molecule is CCOC(=O)Cc1ccc(NC(=O)C(COc2cccc(Cl)c2)NS(=O)(=O)c2ccc(F)cc2)cc1. The van der Waals surface area contributed by atoms with Crippen LogP contribution in [0.25, 0.3) is 0 Å². The molecule has 0 radical (unpaired) electrons. The highest BCUT2D eigenvalue weighted by Crippen LogP contribution is 2.18. The fourth-order valence-corrected chi connectivity index (χ4v) is 4.44. The van der Waals surface area contributed by atoms with Crippen LogP contribution in [0.2, 0.25) is 5.02 Å². The predicted molar refractivity (Wildman–Crippen MR) is 133 cm³/mol. The number of esters is 1. The molecule has 3 aromatic carbocycles. The fraction of sp³-hybridized carbons (Fsp3) is 0.200. The third-order valence-electron chi connectivity index (χ3n) is 4.83. The Morgan fingerprint density at radius 2 is 1.72 bits per heavy atom. The Bertz CT molecular complexity index is 1300. The van der Waals surface area contributed by atoms with E-state index in [-0.39, 0.29) is 30.5 Å². The summed E-state index contributed by atoms with van der Waals surface area (Å²) in [7, 11) is -4.19. The zero-order chi connectivity index (χ0) is 26.1. The first kappa shape index (κ1) is 27.1. The molecule has 36 heavy (non-hydrogen) atoms. The minimum absolute atomic E-state index is 0.0790. The number of hydrogen-bond donors (Lipinski definition) is 2. The quantitative estimate of drug-likeness (QED) is 0.360. The molecule has 0 bridgehead atoms. The molecule has 0 spiro atoms. The number of ether oxygens (including phenoxy) is 2. The first-order valence-electron chi connectivity index (χ1n) is 10.9. The van der Waals surface area contributed by atoms with Gasteiger partial charge >= 0.3 is 5.97 Å². The van der Waals surface area contributed by atoms with Crippen molar-refractivity contribution < 1.29 is 31.9 Å². The Kier molecular flexibility index (Phi) is 9.40. The number of amides is 1. The number of carbonyl (C=O) groups is 2. The molecule has 3 aromatic rings. The standard InChI is InChI=1S/C25H24ClFN2O6S/c1-2-34-24(30)14-17-6-10-20(11-7-17)28-25(31)23(16-35-21-5-3-4-18(26)15-21)29-36(32,33)22-12-8-19(27)9-13-22/h3-13,15,23,29H,2,14,16H2,1H3,(H,28,31). The summed E-state index contributed by atoms with van der Waals surface area (Å²) in [5.74, 6) is -1.33. The van der Waals surface area contributed by atoms with E-state index < -0.39 is 27.8 Å². The lowest BCUT2D eigenvalue weighted by Crippen LogP contribution is -2.47. The minimum atomic E-state index is -4.19. The van der Waals surface area contributed by atoms with Gasteiger partial charge in [-0.3, -0.25) is 9.59 Å². The lowest BCUT2D eigenvalue weighted by atomic mass is 10.1. The number of sulfonamides is 1. The average molecular weight is 535 g/mol. The number of benzene rings is 3. The Hall–Kier alpha value is -3.47. The van der Waals surface area contributed by atoms with E-state index in [1.54, 1.807) is 49.4 Å². The summed E-state index contributed by atoms with van der Waals surface area (Å²) < 4.78 is 51.8. The molecule has 190 valence electrons. The molecule has 11 heteroatoms. The molecular weight excluding hydrogens is 511 g/mol. The molecule has 0 saturated carbocycles. The van der Waals surface area contributed by atoms with Crippen LogP contribution in [0.5, 0.6) is 5.75 Å². The van der Waals surface area contributed by atoms with Gasteiger partial charge in [0, 0.05) is 10.7 Å². The number of carbonyl (C=O) groups excluding carboxylic acids is 2. The van der Waals surface area contributed by atoms with Gasteiger partial charge in [-0.1, -0.05) is 29.8 Å². The van der Waals surface area contributed by atoms with Crippen LogP contribution in [0, 0.1) is 5.82 Å². The van der Waals surface area contributed by atoms with Gasteiger partial charge in [0.15, 0.2) is 0 Å². The lowest BCUT2D eigenvalue weighted by Gasteiger charge is -2.19. The molecule has 0 saturated heterocycles. The molecule has 1 atom stereocenters. The van der Waals surface area contributed by atoms with Crippen molar-refractivity contribution in [1.29, 1.82) is 0 Å². The van der Waals surface area contributed by atoms with Gasteiger partial charge < -0.3 is 14.8 Å². The van der Waals surface area contributed by atoms with Crippen LogP contribution >= 0.6 is 11.6 Å². The van der Waals surface area contributed by atoms with Gasteiger partial charge in [0.1, 0.15) is 24.2 Å². The van der Waals surface area contributed by atoms with E-state index in [0.717, 1.165) is 24.3 Å². The van der Waals surface area contributed by atoms with Crippen LogP contribution in [0.15, 0.2) is 77.7 Å². The number of nitrogens with one attached hydrogen (secondary N) is 2. The van der Waals surface area contributed by atoms with Crippen LogP contribution < -0.4 is 14.8 Å². The van der Waals surface area contributed by atoms with Crippen molar-refractivity contribution in [3.63, 3.8) is 0 Å². The monoisotopic (exact) mass is 534 g/mol. The van der Waals surface area contributed by atoms with Crippen LogP contribution in [0.3, 0.4) is 0 Å². The van der Waals surface area contributed by atoms with E-state index in [1.165, 1.54) is 6.07 Å². The highest BCUT2D eigenvalue weighted by Gasteiger charge is 2.27. The highest BCUT2D eigenvalue weighted by atomic mass is 35.5. The van der Waals surface area contributed by atoms with Gasteiger partial charge in [-0.05, 0) is 67.1 Å². The third kappa shape index (κ3) is 8.04. The summed E-state index contributed by atoms with van der Waals surface area (Å²) in [6, 6.07) is 15.7. The maximum Gasteiger partial charge on any atom is 0.310 e. The minimum Gasteiger partial charge on any atom is -0.491 e. The molecule has 0 aliphatic carbocycles. The molecule has 0 aliphatic heterocycles. The molecule has 0 aromatic heterocycles. The van der Waals surface area contributed by atoms with E-state index >= 15 is 0 Å². The van der Waals surface area contributed by atoms with Gasteiger partial charge in [0.05, 0.1) is 17.9 Å². The summed E-state index contributed by atoms with van der Waals surface area (Å²) in [6.07, 6.45) is 0.0790. The maximum atomic E-state index is 13.2. The summed E-state index contributed by atoms with van der Waals surface area (Å²) >= 11 is 5.96. The lowest BCUT2D eigenvalue weighted by molar-refractivity contribution is -0.142. The fourth-order valence-electron chi connectivity index (χ4n) is 3.08. The Balaban J connectivity index is 1.75. The van der Waals surface area contributed by atoms with E-state index in [1.807, 2.05) is 0 Å². The zero-order valence-corrected chi connectivity index (χ0v) is 20.8. The van der Waals surface area contributed by atoms with Gasteiger partial charge in [-0.2, -0.15) is 4.72 Å². The normalized spacial score (nSPS) is 12.0. The van der Waals surface area contributed by atoms with E-state index in [9.17, 15) is 22.4 Å². The molecule has 8 nitrogen and oxygen atoms in total. The Morgan fingerprint density at radius 1 is 1.03 bits per heavy atom. The molecule has 3 rings (SSSR count). The van der Waals surface area contributed by atoms with Gasteiger partial charge in [0.2, 0.25) is 15.9 Å². The smallest absolute Gasteiger partial charge is 0.310 e. The van der Waals surface area contributed by atoms with Crippen LogP contribution in [0.4, 0.5) is 10.1 Å². The van der Waals surface area contributed by atoms with Gasteiger partial charge in [-0.15, -0.1) is 0 Å². The van der Waals surface area contributed by atoms with Crippen molar-refractivity contribution in [1.82, 2.24) is 4.72 Å². The first-order valence-corrected chi connectivity index (χ1v) is 12.7. The van der Waals surface area contributed by atoms with E-state index in [0.29, 0.717) is 22.0 Å². The molecule has 0 fully saturated rings. The second-order valence-electron chi connectivity index (χ2n) is 7.56. The van der Waals surface area contributed by atoms with Crippen LogP contribution in [-0.2, 0) is 30.8 Å². The van der Waals surface area contributed by atoms with Crippen molar-refractivity contribution in [2.75, 3.05) is 18.5 Å².